The minimum atomic E-state index is 0.176. The maximum atomic E-state index is 6.42. The molecule has 2 heterocycles. The van der Waals surface area contributed by atoms with E-state index in [0.29, 0.717) is 6.04 Å². The van der Waals surface area contributed by atoms with Crippen LogP contribution in [0.25, 0.3) is 0 Å². The van der Waals surface area contributed by atoms with Gasteiger partial charge in [-0.3, -0.25) is 4.90 Å². The Hall–Kier alpha value is -0.680. The lowest BCUT2D eigenvalue weighted by Gasteiger charge is -2.31. The van der Waals surface area contributed by atoms with Crippen LogP contribution in [-0.2, 0) is 13.1 Å². The summed E-state index contributed by atoms with van der Waals surface area (Å²) in [5.41, 5.74) is 9.31. The number of rotatable bonds is 4. The Bertz CT molecular complexity index is 571. The van der Waals surface area contributed by atoms with Crippen molar-refractivity contribution in [2.45, 2.75) is 38.5 Å². The third-order valence-corrected chi connectivity index (χ3v) is 5.78. The Morgan fingerprint density at radius 2 is 1.95 bits per heavy atom. The van der Waals surface area contributed by atoms with Gasteiger partial charge in [-0.2, -0.15) is 0 Å². The van der Waals surface area contributed by atoms with Gasteiger partial charge in [-0.15, -0.1) is 11.3 Å². The van der Waals surface area contributed by atoms with Gasteiger partial charge in [0.1, 0.15) is 0 Å². The molecule has 2 N–H and O–H groups in total. The summed E-state index contributed by atoms with van der Waals surface area (Å²) in [6, 6.07) is 11.4. The Kier molecular flexibility index (Phi) is 4.26. The van der Waals surface area contributed by atoms with Gasteiger partial charge in [0.25, 0.3) is 0 Å². The zero-order chi connectivity index (χ0) is 14.1. The van der Waals surface area contributed by atoms with Crippen LogP contribution in [0, 0.1) is 0 Å². The van der Waals surface area contributed by atoms with Crippen molar-refractivity contribution >= 4 is 27.3 Å². The molecule has 3 rings (SSSR count). The molecule has 1 aliphatic heterocycles. The van der Waals surface area contributed by atoms with E-state index in [1.165, 1.54) is 16.0 Å². The highest BCUT2D eigenvalue weighted by Crippen LogP contribution is 2.37. The second-order valence-electron chi connectivity index (χ2n) is 5.36. The lowest BCUT2D eigenvalue weighted by molar-refractivity contribution is 0.173. The van der Waals surface area contributed by atoms with E-state index in [1.807, 2.05) is 0 Å². The summed E-state index contributed by atoms with van der Waals surface area (Å²) in [6.07, 6.45) is 0.993. The topological polar surface area (TPSA) is 29.3 Å². The first kappa shape index (κ1) is 14.3. The summed E-state index contributed by atoms with van der Waals surface area (Å²) in [4.78, 5) is 3.87. The number of fused-ring (bicyclic) bond motifs is 1. The first-order valence-electron chi connectivity index (χ1n) is 6.99. The molecule has 0 saturated carbocycles. The highest BCUT2D eigenvalue weighted by atomic mass is 79.9. The molecule has 0 radical (unpaired) electrons. The molecular formula is C16H19BrN2S. The molecule has 1 aromatic carbocycles. The minimum Gasteiger partial charge on any atom is -0.326 e. The lowest BCUT2D eigenvalue weighted by atomic mass is 10.0. The van der Waals surface area contributed by atoms with Gasteiger partial charge in [-0.1, -0.05) is 31.2 Å². The third-order valence-electron chi connectivity index (χ3n) is 4.01. The van der Waals surface area contributed by atoms with Crippen molar-refractivity contribution in [2.75, 3.05) is 0 Å². The zero-order valence-corrected chi connectivity index (χ0v) is 14.0. The molecule has 4 heteroatoms. The minimum absolute atomic E-state index is 0.176. The highest BCUT2D eigenvalue weighted by Gasteiger charge is 2.31. The summed E-state index contributed by atoms with van der Waals surface area (Å²) in [5, 5.41) is 2.15. The van der Waals surface area contributed by atoms with E-state index in [2.05, 4.69) is 63.5 Å². The van der Waals surface area contributed by atoms with Crippen molar-refractivity contribution < 1.29 is 0 Å². The number of nitrogens with two attached hydrogens (primary N) is 1. The highest BCUT2D eigenvalue weighted by molar-refractivity contribution is 9.10. The molecule has 106 valence electrons. The van der Waals surface area contributed by atoms with Gasteiger partial charge in [-0.25, -0.2) is 0 Å². The molecule has 0 fully saturated rings. The SMILES string of the molecule is CCC(N)C(c1cc(Br)cs1)N1Cc2ccccc2C1. The van der Waals surface area contributed by atoms with Gasteiger partial charge < -0.3 is 5.73 Å². The fraction of sp³-hybridized carbons (Fsp3) is 0.375. The fourth-order valence-corrected chi connectivity index (χ4v) is 4.58. The molecule has 1 aliphatic rings. The lowest BCUT2D eigenvalue weighted by Crippen LogP contribution is -2.37. The van der Waals surface area contributed by atoms with Crippen LogP contribution in [0.2, 0.25) is 0 Å². The Morgan fingerprint density at radius 1 is 1.30 bits per heavy atom. The van der Waals surface area contributed by atoms with E-state index in [4.69, 9.17) is 5.73 Å². The van der Waals surface area contributed by atoms with Crippen molar-refractivity contribution in [1.29, 1.82) is 0 Å². The predicted octanol–water partition coefficient (Wildman–Crippen LogP) is 4.30. The Morgan fingerprint density at radius 3 is 2.45 bits per heavy atom. The van der Waals surface area contributed by atoms with Crippen LogP contribution < -0.4 is 5.73 Å². The number of thiophene rings is 1. The van der Waals surface area contributed by atoms with E-state index in [-0.39, 0.29) is 6.04 Å². The molecule has 0 amide bonds. The Labute approximate surface area is 132 Å². The molecule has 2 atom stereocenters. The molecule has 20 heavy (non-hydrogen) atoms. The number of hydrogen-bond donors (Lipinski definition) is 1. The second-order valence-corrected chi connectivity index (χ2v) is 7.22. The summed E-state index contributed by atoms with van der Waals surface area (Å²) >= 11 is 5.36. The first-order valence-corrected chi connectivity index (χ1v) is 8.66. The number of nitrogens with zero attached hydrogens (tertiary/aromatic N) is 1. The molecule has 0 aliphatic carbocycles. The molecule has 0 saturated heterocycles. The van der Waals surface area contributed by atoms with Gasteiger partial charge >= 0.3 is 0 Å². The molecule has 2 aromatic rings. The van der Waals surface area contributed by atoms with Gasteiger partial charge in [-0.05, 0) is 39.5 Å². The first-order chi connectivity index (χ1) is 9.69. The summed E-state index contributed by atoms with van der Waals surface area (Å²) < 4.78 is 1.16. The zero-order valence-electron chi connectivity index (χ0n) is 11.6. The van der Waals surface area contributed by atoms with E-state index in [9.17, 15) is 0 Å². The van der Waals surface area contributed by atoms with Gasteiger partial charge in [0.05, 0.1) is 6.04 Å². The van der Waals surface area contributed by atoms with Crippen LogP contribution >= 0.6 is 27.3 Å². The summed E-state index contributed by atoms with van der Waals surface area (Å²) in [5.74, 6) is 0. The van der Waals surface area contributed by atoms with Crippen LogP contribution in [0.15, 0.2) is 40.2 Å². The van der Waals surface area contributed by atoms with Crippen LogP contribution in [0.3, 0.4) is 0 Å². The maximum Gasteiger partial charge on any atom is 0.0599 e. The molecule has 0 spiro atoms. The van der Waals surface area contributed by atoms with Crippen LogP contribution in [0.4, 0.5) is 0 Å². The van der Waals surface area contributed by atoms with E-state index in [0.717, 1.165) is 24.0 Å². The van der Waals surface area contributed by atoms with E-state index in [1.54, 1.807) is 11.3 Å². The monoisotopic (exact) mass is 350 g/mol. The van der Waals surface area contributed by atoms with Crippen molar-refractivity contribution in [2.24, 2.45) is 5.73 Å². The number of benzene rings is 1. The standard InChI is InChI=1S/C16H19BrN2S/c1-2-14(18)16(15-7-13(17)10-20-15)19-8-11-5-3-4-6-12(11)9-19/h3-7,10,14,16H,2,8-9,18H2,1H3. The quantitative estimate of drug-likeness (QED) is 0.890. The van der Waals surface area contributed by atoms with Crippen molar-refractivity contribution in [1.82, 2.24) is 4.90 Å². The predicted molar refractivity (Wildman–Crippen MR) is 88.7 cm³/mol. The van der Waals surface area contributed by atoms with E-state index < -0.39 is 0 Å². The Balaban J connectivity index is 1.88. The van der Waals surface area contributed by atoms with E-state index >= 15 is 0 Å². The molecule has 2 unspecified atom stereocenters. The smallest absolute Gasteiger partial charge is 0.0599 e. The van der Waals surface area contributed by atoms with Crippen LogP contribution in [-0.4, -0.2) is 10.9 Å². The number of hydrogen-bond acceptors (Lipinski definition) is 3. The third kappa shape index (κ3) is 2.70. The largest absolute Gasteiger partial charge is 0.326 e. The molecular weight excluding hydrogens is 332 g/mol. The number of halogens is 1. The maximum absolute atomic E-state index is 6.42. The van der Waals surface area contributed by atoms with Crippen molar-refractivity contribution in [3.05, 3.63) is 56.2 Å². The normalized spacial score (nSPS) is 17.9. The summed E-state index contributed by atoms with van der Waals surface area (Å²) in [6.45, 7) is 4.18. The van der Waals surface area contributed by atoms with Crippen molar-refractivity contribution in [3.8, 4) is 0 Å². The molecule has 1 aromatic heterocycles. The van der Waals surface area contributed by atoms with Crippen LogP contribution in [0.1, 0.15) is 35.4 Å². The average Bonchev–Trinajstić information content (AvgIpc) is 3.05. The molecule has 2 nitrogen and oxygen atoms in total. The van der Waals surface area contributed by atoms with Crippen molar-refractivity contribution in [3.63, 3.8) is 0 Å². The van der Waals surface area contributed by atoms with Gasteiger partial charge in [0.2, 0.25) is 0 Å². The van der Waals surface area contributed by atoms with Gasteiger partial charge in [0.15, 0.2) is 0 Å². The fourth-order valence-electron chi connectivity index (χ4n) is 2.92. The molecule has 0 bridgehead atoms. The average molecular weight is 351 g/mol. The van der Waals surface area contributed by atoms with Crippen LogP contribution in [0.5, 0.6) is 0 Å². The second kappa shape index (κ2) is 5.98. The van der Waals surface area contributed by atoms with Gasteiger partial charge in [0, 0.05) is 33.9 Å². The summed E-state index contributed by atoms with van der Waals surface area (Å²) in [7, 11) is 0.